The van der Waals surface area contributed by atoms with Gasteiger partial charge >= 0.3 is 0 Å². The molecule has 1 aromatic carbocycles. The Bertz CT molecular complexity index is 818. The SMILES string of the molecule is CCCCOc1ccc(C(=O)Nc2ccc(N3CC[C@@H](NCC4CC4)C3)nc2)cc1. The third-order valence-corrected chi connectivity index (χ3v) is 5.79. The first-order valence-corrected chi connectivity index (χ1v) is 11.2. The number of ether oxygens (including phenoxy) is 1. The Morgan fingerprint density at radius 2 is 2.00 bits per heavy atom. The highest BCUT2D eigenvalue weighted by Crippen LogP contribution is 2.28. The van der Waals surface area contributed by atoms with E-state index >= 15 is 0 Å². The van der Waals surface area contributed by atoms with E-state index in [4.69, 9.17) is 4.74 Å². The highest BCUT2D eigenvalue weighted by molar-refractivity contribution is 6.04. The number of carbonyl (C=O) groups is 1. The Kier molecular flexibility index (Phi) is 6.84. The summed E-state index contributed by atoms with van der Waals surface area (Å²) in [6.45, 7) is 6.01. The smallest absolute Gasteiger partial charge is 0.255 e. The van der Waals surface area contributed by atoms with Crippen LogP contribution in [0.5, 0.6) is 5.75 Å². The van der Waals surface area contributed by atoms with Gasteiger partial charge in [-0.1, -0.05) is 13.3 Å². The van der Waals surface area contributed by atoms with Gasteiger partial charge < -0.3 is 20.3 Å². The average molecular weight is 409 g/mol. The lowest BCUT2D eigenvalue weighted by molar-refractivity contribution is 0.102. The zero-order chi connectivity index (χ0) is 20.8. The number of pyridine rings is 1. The monoisotopic (exact) mass is 408 g/mol. The summed E-state index contributed by atoms with van der Waals surface area (Å²) in [5.74, 6) is 2.53. The third-order valence-electron chi connectivity index (χ3n) is 5.79. The molecule has 2 N–H and O–H groups in total. The van der Waals surface area contributed by atoms with Crippen LogP contribution >= 0.6 is 0 Å². The zero-order valence-corrected chi connectivity index (χ0v) is 17.8. The molecule has 2 heterocycles. The molecule has 1 aliphatic carbocycles. The summed E-state index contributed by atoms with van der Waals surface area (Å²) in [5.41, 5.74) is 1.31. The van der Waals surface area contributed by atoms with Crippen molar-refractivity contribution >= 4 is 17.4 Å². The minimum absolute atomic E-state index is 0.143. The normalized spacial score (nSPS) is 18.4. The number of carbonyl (C=O) groups excluding carboxylic acids is 1. The summed E-state index contributed by atoms with van der Waals surface area (Å²) in [5, 5.41) is 6.60. The maximum absolute atomic E-state index is 12.5. The van der Waals surface area contributed by atoms with E-state index in [9.17, 15) is 4.79 Å². The van der Waals surface area contributed by atoms with E-state index in [0.29, 0.717) is 23.9 Å². The topological polar surface area (TPSA) is 66.5 Å². The molecule has 2 fully saturated rings. The number of unbranched alkanes of at least 4 members (excludes halogenated alkanes) is 1. The minimum atomic E-state index is -0.143. The van der Waals surface area contributed by atoms with Crippen molar-refractivity contribution < 1.29 is 9.53 Å². The van der Waals surface area contributed by atoms with E-state index in [1.807, 2.05) is 24.3 Å². The number of amides is 1. The van der Waals surface area contributed by atoms with Crippen molar-refractivity contribution in [3.8, 4) is 5.75 Å². The largest absolute Gasteiger partial charge is 0.494 e. The number of hydrogen-bond acceptors (Lipinski definition) is 5. The Morgan fingerprint density at radius 1 is 1.17 bits per heavy atom. The maximum atomic E-state index is 12.5. The van der Waals surface area contributed by atoms with Gasteiger partial charge in [0, 0.05) is 24.7 Å². The van der Waals surface area contributed by atoms with Gasteiger partial charge in [-0.15, -0.1) is 0 Å². The van der Waals surface area contributed by atoms with Gasteiger partial charge in [0.05, 0.1) is 18.5 Å². The fourth-order valence-electron chi connectivity index (χ4n) is 3.68. The number of anilines is 2. The highest BCUT2D eigenvalue weighted by atomic mass is 16.5. The summed E-state index contributed by atoms with van der Waals surface area (Å²) in [6.07, 6.45) is 7.79. The molecule has 6 nitrogen and oxygen atoms in total. The van der Waals surface area contributed by atoms with Gasteiger partial charge in [0.25, 0.3) is 5.91 Å². The van der Waals surface area contributed by atoms with Gasteiger partial charge in [-0.05, 0) is 74.5 Å². The molecule has 30 heavy (non-hydrogen) atoms. The first-order valence-electron chi connectivity index (χ1n) is 11.2. The lowest BCUT2D eigenvalue weighted by Crippen LogP contribution is -2.34. The molecule has 2 aliphatic rings. The molecule has 1 amide bonds. The molecule has 1 atom stereocenters. The van der Waals surface area contributed by atoms with E-state index in [2.05, 4.69) is 27.4 Å². The van der Waals surface area contributed by atoms with Gasteiger partial charge in [0.2, 0.25) is 0 Å². The first kappa shape index (κ1) is 20.7. The van der Waals surface area contributed by atoms with Crippen molar-refractivity contribution in [1.29, 1.82) is 0 Å². The Balaban J connectivity index is 1.26. The number of hydrogen-bond donors (Lipinski definition) is 2. The molecule has 160 valence electrons. The predicted molar refractivity (Wildman–Crippen MR) is 120 cm³/mol. The van der Waals surface area contributed by atoms with Crippen LogP contribution in [0, 0.1) is 5.92 Å². The molecule has 1 saturated heterocycles. The molecule has 4 rings (SSSR count). The summed E-state index contributed by atoms with van der Waals surface area (Å²) in [7, 11) is 0. The Labute approximate surface area is 179 Å². The molecule has 0 radical (unpaired) electrons. The summed E-state index contributed by atoms with van der Waals surface area (Å²) in [4.78, 5) is 19.4. The molecule has 1 aromatic heterocycles. The summed E-state index contributed by atoms with van der Waals surface area (Å²) < 4.78 is 5.65. The number of aromatic nitrogens is 1. The van der Waals surface area contributed by atoms with Crippen LogP contribution in [0.2, 0.25) is 0 Å². The number of benzene rings is 1. The predicted octanol–water partition coefficient (Wildman–Crippen LogP) is 4.09. The number of rotatable bonds is 10. The van der Waals surface area contributed by atoms with Crippen molar-refractivity contribution in [3.05, 3.63) is 48.2 Å². The molecule has 1 aliphatic heterocycles. The van der Waals surface area contributed by atoms with Gasteiger partial charge in [-0.3, -0.25) is 4.79 Å². The minimum Gasteiger partial charge on any atom is -0.494 e. The fourth-order valence-corrected chi connectivity index (χ4v) is 3.68. The van der Waals surface area contributed by atoms with Crippen LogP contribution in [0.1, 0.15) is 49.4 Å². The van der Waals surface area contributed by atoms with E-state index in [-0.39, 0.29) is 5.91 Å². The van der Waals surface area contributed by atoms with Gasteiger partial charge in [-0.25, -0.2) is 4.98 Å². The third kappa shape index (κ3) is 5.72. The van der Waals surface area contributed by atoms with Crippen molar-refractivity contribution in [2.45, 2.75) is 45.1 Å². The fraction of sp³-hybridized carbons (Fsp3) is 0.500. The van der Waals surface area contributed by atoms with Crippen LogP contribution in [-0.4, -0.2) is 43.2 Å². The molecular formula is C24H32N4O2. The van der Waals surface area contributed by atoms with Crippen LogP contribution in [0.4, 0.5) is 11.5 Å². The number of nitrogens with one attached hydrogen (secondary N) is 2. The second kappa shape index (κ2) is 9.94. The van der Waals surface area contributed by atoms with E-state index in [1.165, 1.54) is 12.8 Å². The first-order chi connectivity index (χ1) is 14.7. The highest BCUT2D eigenvalue weighted by Gasteiger charge is 2.26. The van der Waals surface area contributed by atoms with Crippen LogP contribution in [0.15, 0.2) is 42.6 Å². The molecule has 2 aromatic rings. The van der Waals surface area contributed by atoms with Crippen molar-refractivity contribution in [2.24, 2.45) is 5.92 Å². The molecule has 0 spiro atoms. The van der Waals surface area contributed by atoms with Crippen LogP contribution in [0.3, 0.4) is 0 Å². The van der Waals surface area contributed by atoms with E-state index in [0.717, 1.165) is 56.4 Å². The quantitative estimate of drug-likeness (QED) is 0.580. The van der Waals surface area contributed by atoms with Crippen molar-refractivity contribution in [2.75, 3.05) is 36.5 Å². The average Bonchev–Trinajstić information content (AvgIpc) is 3.49. The van der Waals surface area contributed by atoms with Gasteiger partial charge in [0.1, 0.15) is 11.6 Å². The summed E-state index contributed by atoms with van der Waals surface area (Å²) >= 11 is 0. The maximum Gasteiger partial charge on any atom is 0.255 e. The number of nitrogens with zero attached hydrogens (tertiary/aromatic N) is 2. The van der Waals surface area contributed by atoms with E-state index < -0.39 is 0 Å². The second-order valence-electron chi connectivity index (χ2n) is 8.37. The van der Waals surface area contributed by atoms with Crippen molar-refractivity contribution in [3.63, 3.8) is 0 Å². The lowest BCUT2D eigenvalue weighted by Gasteiger charge is -2.18. The lowest BCUT2D eigenvalue weighted by atomic mass is 10.2. The van der Waals surface area contributed by atoms with Crippen LogP contribution in [-0.2, 0) is 0 Å². The Hall–Kier alpha value is -2.60. The van der Waals surface area contributed by atoms with Crippen LogP contribution in [0.25, 0.3) is 0 Å². The second-order valence-corrected chi connectivity index (χ2v) is 8.37. The standard InChI is InChI=1S/C24H32N4O2/c1-2-3-14-30-22-9-6-19(7-10-22)24(29)27-20-8-11-23(26-16-20)28-13-12-21(17-28)25-15-18-4-5-18/h6-11,16,18,21,25H,2-5,12-15,17H2,1H3,(H,27,29)/t21-/m1/s1. The zero-order valence-electron chi connectivity index (χ0n) is 17.8. The molecule has 6 heteroatoms. The summed E-state index contributed by atoms with van der Waals surface area (Å²) in [6, 6.07) is 11.7. The van der Waals surface area contributed by atoms with E-state index in [1.54, 1.807) is 18.3 Å². The molecular weight excluding hydrogens is 376 g/mol. The molecule has 0 unspecified atom stereocenters. The van der Waals surface area contributed by atoms with Crippen molar-refractivity contribution in [1.82, 2.24) is 10.3 Å². The van der Waals surface area contributed by atoms with Gasteiger partial charge in [-0.2, -0.15) is 0 Å². The van der Waals surface area contributed by atoms with Crippen LogP contribution < -0.4 is 20.3 Å². The Morgan fingerprint density at radius 3 is 2.70 bits per heavy atom. The van der Waals surface area contributed by atoms with Gasteiger partial charge in [0.15, 0.2) is 0 Å². The molecule has 1 saturated carbocycles. The molecule has 0 bridgehead atoms.